The van der Waals surface area contributed by atoms with Crippen LogP contribution in [0, 0.1) is 0 Å². The highest BCUT2D eigenvalue weighted by Crippen LogP contribution is 2.38. The number of anilines is 1. The molecule has 0 saturated carbocycles. The molecule has 0 radical (unpaired) electrons. The van der Waals surface area contributed by atoms with Crippen molar-refractivity contribution in [1.29, 1.82) is 0 Å². The molecule has 1 aromatic carbocycles. The first-order valence-electron chi connectivity index (χ1n) is 9.09. The summed E-state index contributed by atoms with van der Waals surface area (Å²) in [5, 5.41) is 3.87. The molecule has 8 nitrogen and oxygen atoms in total. The topological polar surface area (TPSA) is 95.5 Å². The van der Waals surface area contributed by atoms with Gasteiger partial charge in [-0.1, -0.05) is 17.7 Å². The van der Waals surface area contributed by atoms with Crippen LogP contribution in [0.4, 0.5) is 5.82 Å². The van der Waals surface area contributed by atoms with Gasteiger partial charge < -0.3 is 19.5 Å². The van der Waals surface area contributed by atoms with E-state index in [-0.39, 0.29) is 5.91 Å². The van der Waals surface area contributed by atoms with Crippen molar-refractivity contribution in [3.8, 4) is 5.75 Å². The Bertz CT molecular complexity index is 1050. The number of benzene rings is 1. The van der Waals surface area contributed by atoms with Gasteiger partial charge in [0, 0.05) is 24.1 Å². The van der Waals surface area contributed by atoms with Crippen molar-refractivity contribution in [3.63, 3.8) is 0 Å². The van der Waals surface area contributed by atoms with E-state index in [4.69, 9.17) is 25.8 Å². The van der Waals surface area contributed by atoms with Gasteiger partial charge in [-0.25, -0.2) is 15.0 Å². The number of methoxy groups -OCH3 is 1. The molecular weight excluding hydrogens is 396 g/mol. The Morgan fingerprint density at radius 2 is 1.97 bits per heavy atom. The molecule has 0 fully saturated rings. The fourth-order valence-electron chi connectivity index (χ4n) is 3.22. The molecule has 0 bridgehead atoms. The Kier molecular flexibility index (Phi) is 5.84. The van der Waals surface area contributed by atoms with Crippen LogP contribution in [0.25, 0.3) is 10.9 Å². The number of fused-ring (bicyclic) bond motifs is 2. The molecule has 9 heteroatoms. The molecule has 1 N–H and O–H groups in total. The summed E-state index contributed by atoms with van der Waals surface area (Å²) in [6.45, 7) is 1.96. The SMILES string of the molecule is COCCOCCOc1ccc2c(C3C(=O)Nc4nc(Cl)ccc43)ncnc2c1. The number of hydrogen-bond donors (Lipinski definition) is 1. The Morgan fingerprint density at radius 3 is 2.83 bits per heavy atom. The minimum Gasteiger partial charge on any atom is -0.491 e. The van der Waals surface area contributed by atoms with Gasteiger partial charge in [0.15, 0.2) is 0 Å². The highest BCUT2D eigenvalue weighted by molar-refractivity contribution is 6.29. The third-order valence-electron chi connectivity index (χ3n) is 4.55. The van der Waals surface area contributed by atoms with Gasteiger partial charge in [0.1, 0.15) is 35.6 Å². The molecule has 29 heavy (non-hydrogen) atoms. The lowest BCUT2D eigenvalue weighted by Gasteiger charge is -2.12. The molecule has 1 unspecified atom stereocenters. The minimum absolute atomic E-state index is 0.191. The van der Waals surface area contributed by atoms with E-state index in [2.05, 4.69) is 20.3 Å². The number of carbonyl (C=O) groups is 1. The second kappa shape index (κ2) is 8.69. The zero-order valence-electron chi connectivity index (χ0n) is 15.7. The lowest BCUT2D eigenvalue weighted by molar-refractivity contribution is -0.116. The summed E-state index contributed by atoms with van der Waals surface area (Å²) in [6.07, 6.45) is 1.45. The van der Waals surface area contributed by atoms with Crippen molar-refractivity contribution in [2.45, 2.75) is 5.92 Å². The molecule has 0 aliphatic carbocycles. The van der Waals surface area contributed by atoms with Gasteiger partial charge in [-0.2, -0.15) is 0 Å². The number of hydrogen-bond acceptors (Lipinski definition) is 7. The first kappa shape index (κ1) is 19.5. The summed E-state index contributed by atoms with van der Waals surface area (Å²) in [6, 6.07) is 8.97. The maximum Gasteiger partial charge on any atom is 0.239 e. The van der Waals surface area contributed by atoms with Gasteiger partial charge in [0.25, 0.3) is 0 Å². The first-order valence-corrected chi connectivity index (χ1v) is 9.46. The summed E-state index contributed by atoms with van der Waals surface area (Å²) < 4.78 is 16.0. The van der Waals surface area contributed by atoms with Gasteiger partial charge in [0.05, 0.1) is 31.0 Å². The number of pyridine rings is 1. The average Bonchev–Trinajstić information content (AvgIpc) is 3.04. The molecule has 4 rings (SSSR count). The van der Waals surface area contributed by atoms with E-state index in [1.54, 1.807) is 19.2 Å². The first-order chi connectivity index (χ1) is 14.2. The average molecular weight is 415 g/mol. The van der Waals surface area contributed by atoms with Crippen LogP contribution in [0.2, 0.25) is 5.15 Å². The summed E-state index contributed by atoms with van der Waals surface area (Å²) in [5.41, 5.74) is 2.05. The Labute approximate surface area is 172 Å². The highest BCUT2D eigenvalue weighted by atomic mass is 35.5. The van der Waals surface area contributed by atoms with Gasteiger partial charge >= 0.3 is 0 Å². The Hall–Kier alpha value is -2.81. The van der Waals surface area contributed by atoms with Gasteiger partial charge in [-0.05, 0) is 18.2 Å². The predicted molar refractivity (Wildman–Crippen MR) is 107 cm³/mol. The summed E-state index contributed by atoms with van der Waals surface area (Å²) in [4.78, 5) is 25.5. The van der Waals surface area contributed by atoms with Crippen molar-refractivity contribution < 1.29 is 19.0 Å². The van der Waals surface area contributed by atoms with Crippen LogP contribution < -0.4 is 10.1 Å². The van der Waals surface area contributed by atoms with Crippen molar-refractivity contribution in [3.05, 3.63) is 53.1 Å². The molecule has 2 aromatic heterocycles. The normalized spacial score (nSPS) is 15.4. The molecule has 1 atom stereocenters. The third-order valence-corrected chi connectivity index (χ3v) is 4.76. The van der Waals surface area contributed by atoms with Crippen LogP contribution in [0.1, 0.15) is 17.2 Å². The smallest absolute Gasteiger partial charge is 0.239 e. The largest absolute Gasteiger partial charge is 0.491 e. The highest BCUT2D eigenvalue weighted by Gasteiger charge is 2.35. The molecule has 1 amide bonds. The number of amides is 1. The van der Waals surface area contributed by atoms with E-state index >= 15 is 0 Å². The van der Waals surface area contributed by atoms with E-state index < -0.39 is 5.92 Å². The Morgan fingerprint density at radius 1 is 1.10 bits per heavy atom. The van der Waals surface area contributed by atoms with E-state index in [1.165, 1.54) is 6.33 Å². The van der Waals surface area contributed by atoms with E-state index in [0.717, 1.165) is 10.9 Å². The van der Waals surface area contributed by atoms with Gasteiger partial charge in [0.2, 0.25) is 5.91 Å². The van der Waals surface area contributed by atoms with E-state index in [9.17, 15) is 4.79 Å². The Balaban J connectivity index is 1.55. The molecular formula is C20H19ClN4O4. The molecule has 0 saturated heterocycles. The van der Waals surface area contributed by atoms with Crippen LogP contribution in [-0.2, 0) is 14.3 Å². The van der Waals surface area contributed by atoms with E-state index in [1.807, 2.05) is 18.2 Å². The lowest BCUT2D eigenvalue weighted by atomic mass is 9.95. The predicted octanol–water partition coefficient (Wildman–Crippen LogP) is 2.80. The molecule has 1 aliphatic heterocycles. The number of carbonyl (C=O) groups excluding carboxylic acids is 1. The minimum atomic E-state index is -0.568. The number of rotatable bonds is 8. The molecule has 0 spiro atoms. The third kappa shape index (κ3) is 4.14. The standard InChI is InChI=1S/C20H19ClN4O4/c1-27-6-7-28-8-9-29-12-2-3-13-15(10-12)22-11-23-18(13)17-14-4-5-16(21)24-19(14)25-20(17)26/h2-5,10-11,17H,6-9H2,1H3,(H,24,25,26). The monoisotopic (exact) mass is 414 g/mol. The number of ether oxygens (including phenoxy) is 3. The number of halogens is 1. The van der Waals surface area contributed by atoms with Crippen molar-refractivity contribution >= 4 is 34.2 Å². The quantitative estimate of drug-likeness (QED) is 0.447. The van der Waals surface area contributed by atoms with Crippen molar-refractivity contribution in [2.24, 2.45) is 0 Å². The molecule has 150 valence electrons. The van der Waals surface area contributed by atoms with Crippen LogP contribution in [0.5, 0.6) is 5.75 Å². The van der Waals surface area contributed by atoms with E-state index in [0.29, 0.717) is 54.4 Å². The summed E-state index contributed by atoms with van der Waals surface area (Å²) >= 11 is 5.94. The van der Waals surface area contributed by atoms with Crippen molar-refractivity contribution in [2.75, 3.05) is 38.9 Å². The maximum absolute atomic E-state index is 12.6. The van der Waals surface area contributed by atoms with Crippen LogP contribution >= 0.6 is 11.6 Å². The summed E-state index contributed by atoms with van der Waals surface area (Å²) in [7, 11) is 1.63. The number of aromatic nitrogens is 3. The second-order valence-corrected chi connectivity index (χ2v) is 6.77. The van der Waals surface area contributed by atoms with Gasteiger partial charge in [-0.3, -0.25) is 4.79 Å². The fraction of sp³-hybridized carbons (Fsp3) is 0.300. The molecule has 1 aliphatic rings. The maximum atomic E-state index is 12.6. The fourth-order valence-corrected chi connectivity index (χ4v) is 3.37. The van der Waals surface area contributed by atoms with Crippen LogP contribution in [0.3, 0.4) is 0 Å². The number of nitrogens with zero attached hydrogens (tertiary/aromatic N) is 3. The van der Waals surface area contributed by atoms with Gasteiger partial charge in [-0.15, -0.1) is 0 Å². The second-order valence-electron chi connectivity index (χ2n) is 6.39. The van der Waals surface area contributed by atoms with Crippen LogP contribution in [0.15, 0.2) is 36.7 Å². The lowest BCUT2D eigenvalue weighted by Crippen LogP contribution is -2.15. The van der Waals surface area contributed by atoms with Crippen LogP contribution in [-0.4, -0.2) is 54.4 Å². The zero-order valence-corrected chi connectivity index (χ0v) is 16.5. The van der Waals surface area contributed by atoms with Crippen molar-refractivity contribution in [1.82, 2.24) is 15.0 Å². The number of nitrogens with one attached hydrogen (secondary N) is 1. The molecule has 3 heterocycles. The molecule has 3 aromatic rings. The summed E-state index contributed by atoms with van der Waals surface area (Å²) in [5.74, 6) is 0.374. The zero-order chi connectivity index (χ0) is 20.2.